The molecule has 1 aromatic rings. The van der Waals surface area contributed by atoms with Crippen LogP contribution in [0.1, 0.15) is 32.6 Å². The molecule has 128 valence electrons. The first-order valence-electron chi connectivity index (χ1n) is 8.56. The van der Waals surface area contributed by atoms with Crippen LogP contribution in [0.15, 0.2) is 29.2 Å². The first kappa shape index (κ1) is 16.7. The number of hydrogen-bond donors (Lipinski definition) is 1. The molecule has 0 bridgehead atoms. The van der Waals surface area contributed by atoms with Gasteiger partial charge in [0.2, 0.25) is 10.0 Å². The lowest BCUT2D eigenvalue weighted by Gasteiger charge is -2.41. The number of piperidine rings is 2. The Morgan fingerprint density at radius 3 is 2.09 bits per heavy atom. The van der Waals surface area contributed by atoms with Crippen molar-refractivity contribution in [2.45, 2.75) is 43.5 Å². The highest BCUT2D eigenvalue weighted by Crippen LogP contribution is 2.26. The van der Waals surface area contributed by atoms with Gasteiger partial charge in [-0.05, 0) is 69.0 Å². The average Bonchev–Trinajstić information content (AvgIpc) is 2.56. The monoisotopic (exact) mass is 337 g/mol. The highest BCUT2D eigenvalue weighted by atomic mass is 32.2. The minimum Gasteiger partial charge on any atom is -0.399 e. The van der Waals surface area contributed by atoms with Crippen LogP contribution in [0.2, 0.25) is 0 Å². The standard InChI is InChI=1S/C17H27N3O2S/c1-14-6-10-19(11-7-14)16-8-12-20(13-9-16)23(21,22)17-4-2-15(18)3-5-17/h2-5,14,16H,6-13,18H2,1H3. The second kappa shape index (κ2) is 6.79. The van der Waals surface area contributed by atoms with Crippen LogP contribution in [-0.2, 0) is 10.0 Å². The molecule has 0 spiro atoms. The van der Waals surface area contributed by atoms with Gasteiger partial charge in [-0.3, -0.25) is 0 Å². The van der Waals surface area contributed by atoms with Gasteiger partial charge in [0.25, 0.3) is 0 Å². The van der Waals surface area contributed by atoms with E-state index in [9.17, 15) is 8.42 Å². The molecule has 23 heavy (non-hydrogen) atoms. The fourth-order valence-electron chi connectivity index (χ4n) is 3.63. The number of nitrogens with two attached hydrogens (primary N) is 1. The Labute approximate surface area is 139 Å². The van der Waals surface area contributed by atoms with E-state index in [4.69, 9.17) is 5.73 Å². The van der Waals surface area contributed by atoms with Gasteiger partial charge in [-0.25, -0.2) is 8.42 Å². The average molecular weight is 337 g/mol. The number of sulfonamides is 1. The molecule has 1 aromatic carbocycles. The second-order valence-corrected chi connectivity index (χ2v) is 8.86. The summed E-state index contributed by atoms with van der Waals surface area (Å²) in [4.78, 5) is 2.91. The third kappa shape index (κ3) is 3.70. The van der Waals surface area contributed by atoms with Gasteiger partial charge >= 0.3 is 0 Å². The number of anilines is 1. The summed E-state index contributed by atoms with van der Waals surface area (Å²) < 4.78 is 27.0. The van der Waals surface area contributed by atoms with Crippen LogP contribution in [0.5, 0.6) is 0 Å². The Bertz CT molecular complexity index is 614. The van der Waals surface area contributed by atoms with Crippen LogP contribution in [0.3, 0.4) is 0 Å². The molecule has 0 saturated carbocycles. The van der Waals surface area contributed by atoms with Gasteiger partial charge in [-0.15, -0.1) is 0 Å². The summed E-state index contributed by atoms with van der Waals surface area (Å²) in [5, 5.41) is 0. The van der Waals surface area contributed by atoms with Gasteiger partial charge < -0.3 is 10.6 Å². The maximum absolute atomic E-state index is 12.7. The summed E-state index contributed by atoms with van der Waals surface area (Å²) >= 11 is 0. The Morgan fingerprint density at radius 2 is 1.52 bits per heavy atom. The summed E-state index contributed by atoms with van der Waals surface area (Å²) in [7, 11) is -3.38. The maximum Gasteiger partial charge on any atom is 0.243 e. The lowest BCUT2D eigenvalue weighted by molar-refractivity contribution is 0.101. The van der Waals surface area contributed by atoms with E-state index in [0.29, 0.717) is 29.7 Å². The molecule has 0 amide bonds. The molecular weight excluding hydrogens is 310 g/mol. The normalized spacial score (nSPS) is 23.2. The van der Waals surface area contributed by atoms with Crippen molar-refractivity contribution in [3.8, 4) is 0 Å². The SMILES string of the molecule is CC1CCN(C2CCN(S(=O)(=O)c3ccc(N)cc3)CC2)CC1. The van der Waals surface area contributed by atoms with Crippen molar-refractivity contribution in [2.75, 3.05) is 31.9 Å². The topological polar surface area (TPSA) is 66.6 Å². The van der Waals surface area contributed by atoms with Crippen molar-refractivity contribution < 1.29 is 8.42 Å². The molecule has 2 aliphatic heterocycles. The van der Waals surface area contributed by atoms with E-state index in [1.54, 1.807) is 28.6 Å². The van der Waals surface area contributed by atoms with Crippen LogP contribution < -0.4 is 5.73 Å². The van der Waals surface area contributed by atoms with Crippen LogP contribution >= 0.6 is 0 Å². The Kier molecular flexibility index (Phi) is 4.94. The number of nitrogen functional groups attached to an aromatic ring is 1. The van der Waals surface area contributed by atoms with Crippen molar-refractivity contribution in [1.29, 1.82) is 0 Å². The number of nitrogens with zero attached hydrogens (tertiary/aromatic N) is 2. The van der Waals surface area contributed by atoms with E-state index in [1.165, 1.54) is 12.8 Å². The van der Waals surface area contributed by atoms with Gasteiger partial charge in [0, 0.05) is 24.8 Å². The first-order valence-corrected chi connectivity index (χ1v) is 10.0. The van der Waals surface area contributed by atoms with Gasteiger partial charge in [-0.2, -0.15) is 4.31 Å². The Morgan fingerprint density at radius 1 is 0.957 bits per heavy atom. The van der Waals surface area contributed by atoms with Gasteiger partial charge in [0.15, 0.2) is 0 Å². The van der Waals surface area contributed by atoms with Gasteiger partial charge in [0.05, 0.1) is 4.90 Å². The molecule has 0 aromatic heterocycles. The van der Waals surface area contributed by atoms with Crippen LogP contribution in [0.25, 0.3) is 0 Å². The van der Waals surface area contributed by atoms with Crippen molar-refractivity contribution in [1.82, 2.24) is 9.21 Å². The Hall–Kier alpha value is -1.11. The highest BCUT2D eigenvalue weighted by Gasteiger charge is 2.32. The lowest BCUT2D eigenvalue weighted by atomic mass is 9.95. The van der Waals surface area contributed by atoms with Crippen LogP contribution in [-0.4, -0.2) is 49.8 Å². The molecule has 2 heterocycles. The summed E-state index contributed by atoms with van der Waals surface area (Å²) in [5.74, 6) is 0.831. The summed E-state index contributed by atoms with van der Waals surface area (Å²) in [6, 6.07) is 7.04. The number of likely N-dealkylation sites (tertiary alicyclic amines) is 1. The molecule has 0 radical (unpaired) electrons. The van der Waals surface area contributed by atoms with E-state index in [0.717, 1.165) is 31.8 Å². The molecule has 3 rings (SSSR count). The molecule has 0 aliphatic carbocycles. The van der Waals surface area contributed by atoms with Crippen molar-refractivity contribution in [3.05, 3.63) is 24.3 Å². The smallest absolute Gasteiger partial charge is 0.243 e. The zero-order valence-electron chi connectivity index (χ0n) is 13.8. The second-order valence-electron chi connectivity index (χ2n) is 6.92. The van der Waals surface area contributed by atoms with Crippen LogP contribution in [0, 0.1) is 5.92 Å². The van der Waals surface area contributed by atoms with Crippen molar-refractivity contribution in [3.63, 3.8) is 0 Å². The van der Waals surface area contributed by atoms with Crippen molar-refractivity contribution >= 4 is 15.7 Å². The predicted molar refractivity (Wildman–Crippen MR) is 92.6 cm³/mol. The summed E-state index contributed by atoms with van der Waals surface area (Å²) in [6.45, 7) is 5.87. The van der Waals surface area contributed by atoms with E-state index in [-0.39, 0.29) is 0 Å². The zero-order chi connectivity index (χ0) is 16.4. The van der Waals surface area contributed by atoms with E-state index in [2.05, 4.69) is 11.8 Å². The summed E-state index contributed by atoms with van der Waals surface area (Å²) in [6.07, 6.45) is 4.40. The van der Waals surface area contributed by atoms with E-state index >= 15 is 0 Å². The number of hydrogen-bond acceptors (Lipinski definition) is 4. The molecule has 2 aliphatic rings. The molecule has 2 N–H and O–H groups in total. The van der Waals surface area contributed by atoms with Crippen LogP contribution in [0.4, 0.5) is 5.69 Å². The van der Waals surface area contributed by atoms with Crippen molar-refractivity contribution in [2.24, 2.45) is 5.92 Å². The molecule has 0 atom stereocenters. The number of rotatable bonds is 3. The number of benzene rings is 1. The van der Waals surface area contributed by atoms with E-state index in [1.807, 2.05) is 0 Å². The molecular formula is C17H27N3O2S. The molecule has 2 fully saturated rings. The minimum absolute atomic E-state index is 0.344. The molecule has 2 saturated heterocycles. The molecule has 0 unspecified atom stereocenters. The fraction of sp³-hybridized carbons (Fsp3) is 0.647. The maximum atomic E-state index is 12.7. The quantitative estimate of drug-likeness (QED) is 0.858. The lowest BCUT2D eigenvalue weighted by Crippen LogP contribution is -2.48. The third-order valence-corrected chi connectivity index (χ3v) is 7.19. The predicted octanol–water partition coefficient (Wildman–Crippen LogP) is 2.15. The fourth-order valence-corrected chi connectivity index (χ4v) is 5.10. The summed E-state index contributed by atoms with van der Waals surface area (Å²) in [5.41, 5.74) is 6.23. The first-order chi connectivity index (χ1) is 11.0. The highest BCUT2D eigenvalue weighted by molar-refractivity contribution is 7.89. The van der Waals surface area contributed by atoms with Gasteiger partial charge in [-0.1, -0.05) is 6.92 Å². The van der Waals surface area contributed by atoms with E-state index < -0.39 is 10.0 Å². The third-order valence-electron chi connectivity index (χ3n) is 5.28. The largest absolute Gasteiger partial charge is 0.399 e. The zero-order valence-corrected chi connectivity index (χ0v) is 14.6. The molecule has 5 nitrogen and oxygen atoms in total. The molecule has 6 heteroatoms. The van der Waals surface area contributed by atoms with Gasteiger partial charge in [0.1, 0.15) is 0 Å². The Balaban J connectivity index is 1.61. The minimum atomic E-state index is -3.38.